The summed E-state index contributed by atoms with van der Waals surface area (Å²) in [5, 5.41) is 18.4. The van der Waals surface area contributed by atoms with Crippen LogP contribution < -0.4 is 16.0 Å². The highest BCUT2D eigenvalue weighted by Crippen LogP contribution is 2.17. The third kappa shape index (κ3) is 6.94. The van der Waals surface area contributed by atoms with Crippen molar-refractivity contribution in [1.82, 2.24) is 19.9 Å². The number of carbonyl (C=O) groups is 1. The van der Waals surface area contributed by atoms with Gasteiger partial charge < -0.3 is 20.5 Å². The van der Waals surface area contributed by atoms with Crippen LogP contribution in [0.4, 0.5) is 11.8 Å². The van der Waals surface area contributed by atoms with Gasteiger partial charge in [0.05, 0.1) is 11.6 Å². The first-order valence-corrected chi connectivity index (χ1v) is 11.0. The number of hydrogen-bond acceptors (Lipinski definition) is 6. The lowest BCUT2D eigenvalue weighted by Crippen LogP contribution is -2.39. The average Bonchev–Trinajstić information content (AvgIpc) is 3.39. The van der Waals surface area contributed by atoms with Gasteiger partial charge in [0.2, 0.25) is 11.9 Å². The minimum atomic E-state index is -0.442. The van der Waals surface area contributed by atoms with Crippen LogP contribution >= 0.6 is 0 Å². The zero-order valence-corrected chi connectivity index (χ0v) is 18.8. The van der Waals surface area contributed by atoms with Crippen molar-refractivity contribution in [2.45, 2.75) is 38.8 Å². The van der Waals surface area contributed by atoms with E-state index in [1.165, 1.54) is 0 Å². The van der Waals surface area contributed by atoms with E-state index in [0.29, 0.717) is 42.7 Å². The molecule has 0 saturated carbocycles. The molecule has 0 fully saturated rings. The van der Waals surface area contributed by atoms with E-state index < -0.39 is 6.04 Å². The molecule has 0 aliphatic carbocycles. The molecule has 1 aromatic carbocycles. The maximum atomic E-state index is 13.0. The number of rotatable bonds is 12. The van der Waals surface area contributed by atoms with Crippen LogP contribution in [0.15, 0.2) is 67.5 Å². The number of benzene rings is 1. The first kappa shape index (κ1) is 23.5. The molecule has 3 aromatic rings. The van der Waals surface area contributed by atoms with Crippen molar-refractivity contribution in [2.75, 3.05) is 17.2 Å². The van der Waals surface area contributed by atoms with Crippen LogP contribution in [-0.4, -0.2) is 33.0 Å². The molecule has 0 aliphatic heterocycles. The van der Waals surface area contributed by atoms with Crippen LogP contribution in [0, 0.1) is 11.3 Å². The largest absolute Gasteiger partial charge is 0.358 e. The second-order valence-corrected chi connectivity index (χ2v) is 7.56. The standard InChI is InChI=1S/C25H29N7O/c1-3-5-8-21(24(33)28-18-20-11-9-19(17-26)10-12-20)29-22-16-23(32-14-6-7-15-32)31-25(30-22)27-13-4-2/h4,6-7,9-12,14-16,21H,2-3,5,8,13,18H2,1H3,(H,28,33)(H2,27,29,30,31)/t21-/m1/s1. The number of nitriles is 1. The Morgan fingerprint density at radius 1 is 1.24 bits per heavy atom. The molecule has 8 nitrogen and oxygen atoms in total. The van der Waals surface area contributed by atoms with Crippen molar-refractivity contribution < 1.29 is 4.79 Å². The molecule has 0 saturated heterocycles. The van der Waals surface area contributed by atoms with E-state index in [4.69, 9.17) is 5.26 Å². The van der Waals surface area contributed by atoms with Crippen molar-refractivity contribution in [3.05, 3.63) is 78.6 Å². The SMILES string of the molecule is C=CCNc1nc(N[C@H](CCCC)C(=O)NCc2ccc(C#N)cc2)cc(-n2cccc2)n1. The summed E-state index contributed by atoms with van der Waals surface area (Å²) in [4.78, 5) is 22.1. The Morgan fingerprint density at radius 2 is 2.00 bits per heavy atom. The van der Waals surface area contributed by atoms with Crippen LogP contribution in [0.25, 0.3) is 5.82 Å². The van der Waals surface area contributed by atoms with Gasteiger partial charge in [-0.3, -0.25) is 4.79 Å². The predicted octanol–water partition coefficient (Wildman–Crippen LogP) is 4.02. The van der Waals surface area contributed by atoms with E-state index >= 15 is 0 Å². The fourth-order valence-corrected chi connectivity index (χ4v) is 3.24. The summed E-state index contributed by atoms with van der Waals surface area (Å²) < 4.78 is 1.89. The second kappa shape index (κ2) is 12.1. The lowest BCUT2D eigenvalue weighted by Gasteiger charge is -2.20. The van der Waals surface area contributed by atoms with Gasteiger partial charge in [-0.15, -0.1) is 6.58 Å². The van der Waals surface area contributed by atoms with Crippen molar-refractivity contribution in [3.8, 4) is 11.9 Å². The molecule has 2 heterocycles. The van der Waals surface area contributed by atoms with Crippen molar-refractivity contribution in [3.63, 3.8) is 0 Å². The predicted molar refractivity (Wildman–Crippen MR) is 130 cm³/mol. The Bertz CT molecular complexity index is 1080. The lowest BCUT2D eigenvalue weighted by molar-refractivity contribution is -0.122. The minimum absolute atomic E-state index is 0.102. The topological polar surface area (TPSA) is 108 Å². The Morgan fingerprint density at radius 3 is 2.67 bits per heavy atom. The molecule has 2 aromatic heterocycles. The highest BCUT2D eigenvalue weighted by atomic mass is 16.2. The van der Waals surface area contributed by atoms with Gasteiger partial charge in [0, 0.05) is 31.5 Å². The van der Waals surface area contributed by atoms with Crippen molar-refractivity contribution in [1.29, 1.82) is 5.26 Å². The summed E-state index contributed by atoms with van der Waals surface area (Å²) in [5.41, 5.74) is 1.53. The zero-order valence-electron chi connectivity index (χ0n) is 18.8. The normalized spacial score (nSPS) is 11.3. The van der Waals surface area contributed by atoms with E-state index in [1.807, 2.05) is 47.3 Å². The molecule has 0 radical (unpaired) electrons. The van der Waals surface area contributed by atoms with E-state index in [9.17, 15) is 4.79 Å². The molecule has 33 heavy (non-hydrogen) atoms. The molecular formula is C25H29N7O. The van der Waals surface area contributed by atoms with Gasteiger partial charge in [0.15, 0.2) is 0 Å². The Kier molecular flexibility index (Phi) is 8.60. The monoisotopic (exact) mass is 443 g/mol. The number of nitrogens with one attached hydrogen (secondary N) is 3. The van der Waals surface area contributed by atoms with E-state index in [1.54, 1.807) is 18.2 Å². The average molecular weight is 444 g/mol. The van der Waals surface area contributed by atoms with E-state index in [-0.39, 0.29) is 5.91 Å². The summed E-state index contributed by atoms with van der Waals surface area (Å²) in [5.74, 6) is 1.61. The molecule has 1 atom stereocenters. The summed E-state index contributed by atoms with van der Waals surface area (Å²) in [6.45, 7) is 6.73. The Labute approximate surface area is 194 Å². The van der Waals surface area contributed by atoms with Crippen molar-refractivity contribution in [2.24, 2.45) is 0 Å². The molecule has 1 amide bonds. The van der Waals surface area contributed by atoms with Crippen LogP contribution in [-0.2, 0) is 11.3 Å². The van der Waals surface area contributed by atoms with Crippen LogP contribution in [0.2, 0.25) is 0 Å². The van der Waals surface area contributed by atoms with Crippen LogP contribution in [0.3, 0.4) is 0 Å². The lowest BCUT2D eigenvalue weighted by atomic mass is 10.1. The van der Waals surface area contributed by atoms with Crippen molar-refractivity contribution >= 4 is 17.7 Å². The van der Waals surface area contributed by atoms with E-state index in [0.717, 1.165) is 18.4 Å². The molecule has 0 spiro atoms. The summed E-state index contributed by atoms with van der Waals surface area (Å²) in [6.07, 6.45) is 8.10. The fraction of sp³-hybridized carbons (Fsp3) is 0.280. The van der Waals surface area contributed by atoms with Gasteiger partial charge in [0.25, 0.3) is 0 Å². The fourth-order valence-electron chi connectivity index (χ4n) is 3.24. The quantitative estimate of drug-likeness (QED) is 0.365. The van der Waals surface area contributed by atoms with E-state index in [2.05, 4.69) is 45.5 Å². The van der Waals surface area contributed by atoms with Crippen LogP contribution in [0.5, 0.6) is 0 Å². The first-order valence-electron chi connectivity index (χ1n) is 11.0. The second-order valence-electron chi connectivity index (χ2n) is 7.56. The number of amides is 1. The van der Waals surface area contributed by atoms with Gasteiger partial charge in [-0.05, 0) is 36.2 Å². The zero-order chi connectivity index (χ0) is 23.5. The van der Waals surface area contributed by atoms with Gasteiger partial charge >= 0.3 is 0 Å². The summed E-state index contributed by atoms with van der Waals surface area (Å²) >= 11 is 0. The number of aromatic nitrogens is 3. The highest BCUT2D eigenvalue weighted by Gasteiger charge is 2.19. The molecule has 3 N–H and O–H groups in total. The molecule has 0 unspecified atom stereocenters. The van der Waals surface area contributed by atoms with Gasteiger partial charge in [-0.1, -0.05) is 38.0 Å². The third-order valence-corrected chi connectivity index (χ3v) is 5.02. The molecular weight excluding hydrogens is 414 g/mol. The molecule has 3 rings (SSSR count). The number of anilines is 2. The maximum absolute atomic E-state index is 13.0. The smallest absolute Gasteiger partial charge is 0.242 e. The minimum Gasteiger partial charge on any atom is -0.358 e. The number of hydrogen-bond donors (Lipinski definition) is 3. The maximum Gasteiger partial charge on any atom is 0.242 e. The van der Waals surface area contributed by atoms with Crippen LogP contribution in [0.1, 0.15) is 37.3 Å². The summed E-state index contributed by atoms with van der Waals surface area (Å²) in [6, 6.07) is 14.5. The van der Waals surface area contributed by atoms with Gasteiger partial charge in [-0.25, -0.2) is 0 Å². The number of unbranched alkanes of at least 4 members (excludes halogenated alkanes) is 1. The molecule has 170 valence electrons. The third-order valence-electron chi connectivity index (χ3n) is 5.02. The molecule has 0 aliphatic rings. The summed E-state index contributed by atoms with van der Waals surface area (Å²) in [7, 11) is 0. The Hall–Kier alpha value is -4.12. The Balaban J connectivity index is 1.76. The van der Waals surface area contributed by atoms with Gasteiger partial charge in [0.1, 0.15) is 17.7 Å². The number of nitrogens with zero attached hydrogens (tertiary/aromatic N) is 4. The molecule has 0 bridgehead atoms. The highest BCUT2D eigenvalue weighted by molar-refractivity contribution is 5.84. The first-order chi connectivity index (χ1) is 16.1. The van der Waals surface area contributed by atoms with Gasteiger partial charge in [-0.2, -0.15) is 15.2 Å². The molecule has 8 heteroatoms. The number of carbonyl (C=O) groups excluding carboxylic acids is 1.